The molecule has 0 fully saturated rings. The van der Waals surface area contributed by atoms with Crippen LogP contribution in [0.25, 0.3) is 0 Å². The van der Waals surface area contributed by atoms with E-state index in [1.807, 2.05) is 31.2 Å². The molecule has 0 bridgehead atoms. The number of benzene rings is 4. The van der Waals surface area contributed by atoms with Gasteiger partial charge in [-0.1, -0.05) is 85.6 Å². The molecule has 4 rings (SSSR count). The second-order valence-corrected chi connectivity index (χ2v) is 13.1. The van der Waals surface area contributed by atoms with Crippen molar-refractivity contribution < 1.29 is 4.79 Å². The number of thioether (sulfide) groups is 1. The van der Waals surface area contributed by atoms with Gasteiger partial charge >= 0.3 is 0 Å². The molecule has 1 amide bonds. The molecule has 2 nitrogen and oxygen atoms in total. The fraction of sp³-hybridized carbons (Fsp3) is 0.156. The topological polar surface area (TPSA) is 29.1 Å². The molecule has 0 aromatic heterocycles. The van der Waals surface area contributed by atoms with Crippen molar-refractivity contribution in [1.29, 1.82) is 0 Å². The van der Waals surface area contributed by atoms with Crippen LogP contribution in [0.3, 0.4) is 0 Å². The Morgan fingerprint density at radius 2 is 1.22 bits per heavy atom. The number of hydrogen-bond acceptors (Lipinski definition) is 2. The van der Waals surface area contributed by atoms with Gasteiger partial charge in [-0.25, -0.2) is 0 Å². The van der Waals surface area contributed by atoms with Gasteiger partial charge in [-0.15, -0.1) is 11.8 Å². The zero-order chi connectivity index (χ0) is 25.2. The molecule has 0 saturated carbocycles. The molecular formula is C32H33NOPS+. The highest BCUT2D eigenvalue weighted by Crippen LogP contribution is 2.61. The summed E-state index contributed by atoms with van der Waals surface area (Å²) in [6.07, 6.45) is 2.27. The van der Waals surface area contributed by atoms with Gasteiger partial charge in [0.05, 0.1) is 0 Å². The first kappa shape index (κ1) is 25.9. The maximum absolute atomic E-state index is 13.7. The minimum absolute atomic E-state index is 0.0792. The average Bonchev–Trinajstić information content (AvgIpc) is 2.93. The van der Waals surface area contributed by atoms with Gasteiger partial charge < -0.3 is 0 Å². The van der Waals surface area contributed by atoms with Crippen molar-refractivity contribution >= 4 is 40.8 Å². The van der Waals surface area contributed by atoms with E-state index in [-0.39, 0.29) is 5.91 Å². The van der Waals surface area contributed by atoms with Gasteiger partial charge in [-0.2, -0.15) is 0 Å². The number of carbonyl (C=O) groups is 1. The molecular weight excluding hydrogens is 477 g/mol. The minimum Gasteiger partial charge on any atom is -0.292 e. The quantitative estimate of drug-likeness (QED) is 0.183. The predicted molar refractivity (Wildman–Crippen MR) is 159 cm³/mol. The molecule has 0 spiro atoms. The standard InChI is InChI=1S/C32H32NOPS/c1-3-4-24-36-25-31(33-32(34)27-22-20-26(2)21-23-27)35(28-14-8-5-9-15-28,29-16-10-6-11-17-29)30-18-12-7-13-19-30/h5-23,25H,3-4,24H2,1-2H3/p+1. The molecule has 0 unspecified atom stereocenters. The normalized spacial score (nSPS) is 11.8. The Labute approximate surface area is 220 Å². The molecule has 4 aromatic rings. The van der Waals surface area contributed by atoms with Gasteiger partial charge in [-0.3, -0.25) is 10.1 Å². The Morgan fingerprint density at radius 3 is 1.67 bits per heavy atom. The Balaban J connectivity index is 1.95. The van der Waals surface area contributed by atoms with E-state index in [0.717, 1.165) is 29.6 Å². The van der Waals surface area contributed by atoms with E-state index in [1.54, 1.807) is 11.8 Å². The lowest BCUT2D eigenvalue weighted by atomic mass is 10.1. The number of rotatable bonds is 10. The van der Waals surface area contributed by atoms with Crippen molar-refractivity contribution in [2.24, 2.45) is 0 Å². The van der Waals surface area contributed by atoms with Crippen LogP contribution in [0.4, 0.5) is 0 Å². The van der Waals surface area contributed by atoms with Crippen molar-refractivity contribution in [3.8, 4) is 0 Å². The van der Waals surface area contributed by atoms with Crippen molar-refractivity contribution in [3.63, 3.8) is 0 Å². The largest absolute Gasteiger partial charge is 0.292 e. The summed E-state index contributed by atoms with van der Waals surface area (Å²) in [5, 5.41) is 9.28. The smallest absolute Gasteiger partial charge is 0.258 e. The van der Waals surface area contributed by atoms with E-state index in [0.29, 0.717) is 5.56 Å². The third-order valence-electron chi connectivity index (χ3n) is 6.16. The van der Waals surface area contributed by atoms with Crippen molar-refractivity contribution in [1.82, 2.24) is 5.32 Å². The second kappa shape index (κ2) is 12.7. The zero-order valence-electron chi connectivity index (χ0n) is 20.9. The summed E-state index contributed by atoms with van der Waals surface area (Å²) >= 11 is 1.79. The fourth-order valence-corrected chi connectivity index (χ4v) is 9.77. The van der Waals surface area contributed by atoms with Crippen molar-refractivity contribution in [2.75, 3.05) is 5.75 Å². The van der Waals surface area contributed by atoms with Crippen molar-refractivity contribution in [2.45, 2.75) is 26.7 Å². The lowest BCUT2D eigenvalue weighted by Gasteiger charge is -2.29. The molecule has 182 valence electrons. The number of hydrogen-bond donors (Lipinski definition) is 1. The first-order valence-electron chi connectivity index (χ1n) is 12.4. The molecule has 0 aliphatic heterocycles. The summed E-state index contributed by atoms with van der Waals surface area (Å²) in [5.41, 5.74) is 2.77. The van der Waals surface area contributed by atoms with E-state index in [2.05, 4.69) is 109 Å². The van der Waals surface area contributed by atoms with Gasteiger partial charge in [0.15, 0.2) is 12.7 Å². The molecule has 1 N–H and O–H groups in total. The van der Waals surface area contributed by atoms with Gasteiger partial charge in [0.25, 0.3) is 5.91 Å². The maximum atomic E-state index is 13.7. The predicted octanol–water partition coefficient (Wildman–Crippen LogP) is 7.05. The molecule has 36 heavy (non-hydrogen) atoms. The van der Waals surface area contributed by atoms with Crippen LogP contribution in [-0.4, -0.2) is 11.7 Å². The van der Waals surface area contributed by atoms with Gasteiger partial charge in [0.1, 0.15) is 15.9 Å². The highest BCUT2D eigenvalue weighted by molar-refractivity contribution is 8.04. The second-order valence-electron chi connectivity index (χ2n) is 8.73. The molecule has 4 heteroatoms. The number of carbonyl (C=O) groups excluding carboxylic acids is 1. The minimum atomic E-state index is -2.39. The van der Waals surface area contributed by atoms with E-state index in [4.69, 9.17) is 0 Å². The highest BCUT2D eigenvalue weighted by Gasteiger charge is 2.50. The summed E-state index contributed by atoms with van der Waals surface area (Å²) in [7, 11) is -2.39. The van der Waals surface area contributed by atoms with Crippen LogP contribution in [0.5, 0.6) is 0 Å². The van der Waals surface area contributed by atoms with E-state index in [9.17, 15) is 4.79 Å². The number of nitrogens with one attached hydrogen (secondary N) is 1. The highest BCUT2D eigenvalue weighted by atomic mass is 32.2. The third-order valence-corrected chi connectivity index (χ3v) is 11.4. The Morgan fingerprint density at radius 1 is 0.750 bits per heavy atom. The number of unbranched alkanes of at least 4 members (excludes halogenated alkanes) is 1. The van der Waals surface area contributed by atoms with Gasteiger partial charge in [-0.05, 0) is 67.6 Å². The SMILES string of the molecule is CCCCSC=C(NC(=O)c1ccc(C)cc1)[P+](c1ccccc1)(c1ccccc1)c1ccccc1. The Hall–Kier alpha value is -3.13. The van der Waals surface area contributed by atoms with Crippen LogP contribution in [0.15, 0.2) is 126 Å². The molecule has 0 radical (unpaired) electrons. The van der Waals surface area contributed by atoms with Gasteiger partial charge in [0, 0.05) is 11.0 Å². The number of aryl methyl sites for hydroxylation is 1. The van der Waals surface area contributed by atoms with Crippen LogP contribution in [-0.2, 0) is 0 Å². The Kier molecular flexibility index (Phi) is 9.17. The third kappa shape index (κ3) is 5.81. The summed E-state index contributed by atoms with van der Waals surface area (Å²) in [6.45, 7) is 4.24. The molecule has 0 atom stereocenters. The lowest BCUT2D eigenvalue weighted by molar-refractivity contribution is 0.0968. The molecule has 0 saturated heterocycles. The van der Waals surface area contributed by atoms with Crippen LogP contribution >= 0.6 is 19.0 Å². The maximum Gasteiger partial charge on any atom is 0.258 e. The summed E-state index contributed by atoms with van der Waals surface area (Å²) in [5.74, 6) is 0.934. The van der Waals surface area contributed by atoms with Gasteiger partial charge in [0.2, 0.25) is 0 Å². The lowest BCUT2D eigenvalue weighted by Crippen LogP contribution is -2.38. The molecule has 0 aliphatic carbocycles. The summed E-state index contributed by atoms with van der Waals surface area (Å²) < 4.78 is 0. The van der Waals surface area contributed by atoms with E-state index >= 15 is 0 Å². The van der Waals surface area contributed by atoms with Crippen LogP contribution < -0.4 is 21.2 Å². The molecule has 0 heterocycles. The monoisotopic (exact) mass is 510 g/mol. The van der Waals surface area contributed by atoms with Crippen LogP contribution in [0.2, 0.25) is 0 Å². The molecule has 0 aliphatic rings. The van der Waals surface area contributed by atoms with E-state index < -0.39 is 7.26 Å². The number of amides is 1. The average molecular weight is 511 g/mol. The summed E-state index contributed by atoms with van der Waals surface area (Å²) in [6, 6.07) is 39.8. The summed E-state index contributed by atoms with van der Waals surface area (Å²) in [4.78, 5) is 13.7. The Bertz CT molecular complexity index is 1180. The van der Waals surface area contributed by atoms with Crippen LogP contribution in [0, 0.1) is 6.92 Å². The first-order valence-corrected chi connectivity index (χ1v) is 15.3. The molecule has 4 aromatic carbocycles. The van der Waals surface area contributed by atoms with E-state index in [1.165, 1.54) is 15.9 Å². The zero-order valence-corrected chi connectivity index (χ0v) is 22.6. The fourth-order valence-electron chi connectivity index (χ4n) is 4.27. The van der Waals surface area contributed by atoms with Crippen molar-refractivity contribution in [3.05, 3.63) is 137 Å². The van der Waals surface area contributed by atoms with Crippen LogP contribution in [0.1, 0.15) is 35.7 Å². The first-order chi connectivity index (χ1) is 17.7.